The molecule has 5 heterocycles. The molecule has 2 aromatic rings. The van der Waals surface area contributed by atoms with Crippen molar-refractivity contribution in [3.8, 4) is 11.1 Å². The van der Waals surface area contributed by atoms with Crippen molar-refractivity contribution >= 4 is 0 Å². The van der Waals surface area contributed by atoms with Gasteiger partial charge in [-0.1, -0.05) is 38.5 Å². The van der Waals surface area contributed by atoms with Gasteiger partial charge in [-0.25, -0.2) is 9.13 Å². The Hall–Kier alpha value is -1.70. The van der Waals surface area contributed by atoms with Crippen molar-refractivity contribution < 1.29 is 9.13 Å². The van der Waals surface area contributed by atoms with Crippen LogP contribution in [0.3, 0.4) is 0 Å². The van der Waals surface area contributed by atoms with Crippen LogP contribution >= 0.6 is 0 Å². The van der Waals surface area contributed by atoms with Crippen LogP contribution in [0.4, 0.5) is 0 Å². The number of hydrogen-bond acceptors (Lipinski definition) is 0. The molecule has 4 bridgehead atoms. The predicted octanol–water partition coefficient (Wildman–Crippen LogP) is 4.84. The number of nitrogens with zero attached hydrogens (tertiary/aromatic N) is 2. The predicted molar refractivity (Wildman–Crippen MR) is 98.4 cm³/mol. The maximum atomic E-state index is 2.32. The van der Waals surface area contributed by atoms with Crippen LogP contribution in [-0.4, -0.2) is 0 Å². The van der Waals surface area contributed by atoms with Crippen molar-refractivity contribution in [2.75, 3.05) is 0 Å². The van der Waals surface area contributed by atoms with Gasteiger partial charge in [0.15, 0.2) is 24.8 Å². The first-order chi connectivity index (χ1) is 11.9. The molecule has 0 amide bonds. The SMILES string of the molecule is c1c[n+]2ccc1-c1cc[n+](cc1)CCCCCCCCCCCC2. The van der Waals surface area contributed by atoms with E-state index in [1.165, 1.54) is 75.3 Å². The quantitative estimate of drug-likeness (QED) is 0.612. The maximum absolute atomic E-state index is 2.32. The van der Waals surface area contributed by atoms with Crippen LogP contribution in [0, 0.1) is 0 Å². The highest BCUT2D eigenvalue weighted by atomic mass is 14.9. The number of aryl methyl sites for hydroxylation is 2. The van der Waals surface area contributed by atoms with Crippen molar-refractivity contribution in [2.45, 2.75) is 77.3 Å². The molecule has 0 N–H and O–H groups in total. The molecule has 0 spiro atoms. The van der Waals surface area contributed by atoms with Crippen LogP contribution in [0.15, 0.2) is 49.1 Å². The molecule has 0 aromatic carbocycles. The van der Waals surface area contributed by atoms with Crippen LogP contribution in [-0.2, 0) is 13.1 Å². The van der Waals surface area contributed by atoms with Crippen molar-refractivity contribution in [2.24, 2.45) is 0 Å². The molecule has 2 heteroatoms. The van der Waals surface area contributed by atoms with E-state index in [0.717, 1.165) is 13.1 Å². The molecule has 2 nitrogen and oxygen atoms in total. The summed E-state index contributed by atoms with van der Waals surface area (Å²) in [7, 11) is 0. The minimum atomic E-state index is 1.15. The van der Waals surface area contributed by atoms with E-state index in [0.29, 0.717) is 0 Å². The molecule has 2 aromatic heterocycles. The van der Waals surface area contributed by atoms with Crippen LogP contribution in [0.5, 0.6) is 0 Å². The Morgan fingerprint density at radius 1 is 0.417 bits per heavy atom. The lowest BCUT2D eigenvalue weighted by atomic mass is 10.1. The molecule has 0 saturated carbocycles. The van der Waals surface area contributed by atoms with E-state index in [1.54, 1.807) is 0 Å². The fraction of sp³-hybridized carbons (Fsp3) is 0.545. The van der Waals surface area contributed by atoms with E-state index < -0.39 is 0 Å². The third kappa shape index (κ3) is 5.43. The molecule has 3 aliphatic heterocycles. The first-order valence-corrected chi connectivity index (χ1v) is 9.90. The highest BCUT2D eigenvalue weighted by Crippen LogP contribution is 2.16. The molecular weight excluding hydrogens is 292 g/mol. The van der Waals surface area contributed by atoms with Gasteiger partial charge < -0.3 is 0 Å². The van der Waals surface area contributed by atoms with E-state index in [9.17, 15) is 0 Å². The molecule has 0 radical (unpaired) electrons. The molecule has 128 valence electrons. The summed E-state index contributed by atoms with van der Waals surface area (Å²) in [5, 5.41) is 0. The zero-order valence-corrected chi connectivity index (χ0v) is 15.0. The van der Waals surface area contributed by atoms with Crippen molar-refractivity contribution in [3.05, 3.63) is 49.1 Å². The molecule has 0 atom stereocenters. The second-order valence-corrected chi connectivity index (χ2v) is 7.18. The van der Waals surface area contributed by atoms with Crippen LogP contribution in [0.1, 0.15) is 64.2 Å². The minimum absolute atomic E-state index is 1.15. The zero-order chi connectivity index (χ0) is 16.5. The molecule has 0 saturated heterocycles. The normalized spacial score (nSPS) is 17.7. The monoisotopic (exact) mass is 324 g/mol. The maximum Gasteiger partial charge on any atom is 0.169 e. The standard InChI is InChI=1S/C22H32N2/c1-2-4-6-8-10-16-24-19-13-22(14-20-24)21-11-17-23(18-12-21)15-9-7-5-3-1/h11-14,17-20H,1-10,15-16H2/q+2. The van der Waals surface area contributed by atoms with Crippen LogP contribution in [0.25, 0.3) is 11.1 Å². The summed E-state index contributed by atoms with van der Waals surface area (Å²) in [5.74, 6) is 0. The van der Waals surface area contributed by atoms with Crippen molar-refractivity contribution in [3.63, 3.8) is 0 Å². The molecule has 0 fully saturated rings. The molecular formula is C22H32N2+2. The molecule has 0 aliphatic carbocycles. The second kappa shape index (κ2) is 9.56. The van der Waals surface area contributed by atoms with Gasteiger partial charge in [-0.2, -0.15) is 0 Å². The lowest BCUT2D eigenvalue weighted by molar-refractivity contribution is -0.697. The third-order valence-electron chi connectivity index (χ3n) is 5.20. The number of rotatable bonds is 0. The molecule has 24 heavy (non-hydrogen) atoms. The van der Waals surface area contributed by atoms with Gasteiger partial charge in [0.2, 0.25) is 0 Å². The number of pyridine rings is 2. The Kier molecular flexibility index (Phi) is 6.83. The van der Waals surface area contributed by atoms with Gasteiger partial charge in [-0.3, -0.25) is 0 Å². The van der Waals surface area contributed by atoms with E-state index >= 15 is 0 Å². The van der Waals surface area contributed by atoms with Gasteiger partial charge >= 0.3 is 0 Å². The van der Waals surface area contributed by atoms with Crippen molar-refractivity contribution in [1.29, 1.82) is 0 Å². The summed E-state index contributed by atoms with van der Waals surface area (Å²) >= 11 is 0. The minimum Gasteiger partial charge on any atom is -0.205 e. The lowest BCUT2D eigenvalue weighted by Gasteiger charge is -2.04. The fourth-order valence-electron chi connectivity index (χ4n) is 3.60. The summed E-state index contributed by atoms with van der Waals surface area (Å²) in [6.45, 7) is 2.30. The average molecular weight is 325 g/mol. The Balaban J connectivity index is 1.65. The van der Waals surface area contributed by atoms with Crippen LogP contribution < -0.4 is 9.13 Å². The molecule has 0 unspecified atom stereocenters. The average Bonchev–Trinajstić information content (AvgIpc) is 2.63. The van der Waals surface area contributed by atoms with Gasteiger partial charge in [0.1, 0.15) is 13.1 Å². The summed E-state index contributed by atoms with van der Waals surface area (Å²) in [6, 6.07) is 8.99. The Morgan fingerprint density at radius 2 is 0.708 bits per heavy atom. The fourth-order valence-corrected chi connectivity index (χ4v) is 3.60. The highest BCUT2D eigenvalue weighted by Gasteiger charge is 2.06. The number of hydrogen-bond donors (Lipinski definition) is 0. The van der Waals surface area contributed by atoms with Gasteiger partial charge in [0.05, 0.1) is 0 Å². The molecule has 3 aliphatic rings. The van der Waals surface area contributed by atoms with E-state index in [-0.39, 0.29) is 0 Å². The van der Waals surface area contributed by atoms with E-state index in [1.807, 2.05) is 0 Å². The summed E-state index contributed by atoms with van der Waals surface area (Å²) < 4.78 is 4.65. The van der Waals surface area contributed by atoms with Crippen LogP contribution in [0.2, 0.25) is 0 Å². The lowest BCUT2D eigenvalue weighted by Crippen LogP contribution is -2.33. The van der Waals surface area contributed by atoms with E-state index in [2.05, 4.69) is 58.2 Å². The van der Waals surface area contributed by atoms with Gasteiger partial charge in [-0.05, 0) is 24.0 Å². The largest absolute Gasteiger partial charge is 0.205 e. The van der Waals surface area contributed by atoms with Gasteiger partial charge in [0.25, 0.3) is 0 Å². The topological polar surface area (TPSA) is 7.76 Å². The van der Waals surface area contributed by atoms with Gasteiger partial charge in [0, 0.05) is 37.1 Å². The number of aromatic nitrogens is 2. The Morgan fingerprint density at radius 3 is 1.04 bits per heavy atom. The Bertz CT molecular complexity index is 531. The highest BCUT2D eigenvalue weighted by molar-refractivity contribution is 5.60. The number of fused-ring (bicyclic) bond motifs is 2. The summed E-state index contributed by atoms with van der Waals surface area (Å²) in [5.41, 5.74) is 2.63. The van der Waals surface area contributed by atoms with Crippen molar-refractivity contribution in [1.82, 2.24) is 0 Å². The molecule has 5 rings (SSSR count). The zero-order valence-electron chi connectivity index (χ0n) is 15.0. The summed E-state index contributed by atoms with van der Waals surface area (Å²) in [4.78, 5) is 0. The third-order valence-corrected chi connectivity index (χ3v) is 5.20. The Labute approximate surface area is 147 Å². The second-order valence-electron chi connectivity index (χ2n) is 7.18. The first kappa shape index (κ1) is 17.1. The van der Waals surface area contributed by atoms with E-state index in [4.69, 9.17) is 0 Å². The first-order valence-electron chi connectivity index (χ1n) is 9.90. The smallest absolute Gasteiger partial charge is 0.169 e. The van der Waals surface area contributed by atoms with Gasteiger partial charge in [-0.15, -0.1) is 0 Å². The summed E-state index contributed by atoms with van der Waals surface area (Å²) in [6.07, 6.45) is 22.8.